The molecule has 2 aromatic rings. The number of benzene rings is 2. The second kappa shape index (κ2) is 9.30. The Morgan fingerprint density at radius 3 is 2.40 bits per heavy atom. The van der Waals surface area contributed by atoms with Crippen LogP contribution in [0.4, 0.5) is 10.5 Å². The van der Waals surface area contributed by atoms with Crippen molar-refractivity contribution in [3.63, 3.8) is 0 Å². The fourth-order valence-corrected chi connectivity index (χ4v) is 2.42. The molecule has 0 bridgehead atoms. The Bertz CT molecular complexity index is 748. The maximum absolute atomic E-state index is 11.9. The Labute approximate surface area is 156 Å². The zero-order chi connectivity index (χ0) is 18.2. The average molecular weight is 381 g/mol. The summed E-state index contributed by atoms with van der Waals surface area (Å²) in [7, 11) is 0. The normalized spacial score (nSPS) is 10.2. The largest absolute Gasteiger partial charge is 0.462 e. The second-order valence-electron chi connectivity index (χ2n) is 5.18. The number of halogens is 2. The molecule has 0 aliphatic carbocycles. The van der Waals surface area contributed by atoms with E-state index in [-0.39, 0.29) is 12.0 Å². The predicted octanol–water partition coefficient (Wildman–Crippen LogP) is 4.53. The molecule has 25 heavy (non-hydrogen) atoms. The van der Waals surface area contributed by atoms with Crippen molar-refractivity contribution in [2.45, 2.75) is 13.3 Å². The first-order valence-corrected chi connectivity index (χ1v) is 8.51. The maximum atomic E-state index is 11.9. The lowest BCUT2D eigenvalue weighted by Crippen LogP contribution is -2.30. The molecule has 0 saturated carbocycles. The smallest absolute Gasteiger partial charge is 0.338 e. The van der Waals surface area contributed by atoms with Crippen LogP contribution in [0.1, 0.15) is 22.8 Å². The molecular weight excluding hydrogens is 363 g/mol. The second-order valence-corrected chi connectivity index (χ2v) is 5.99. The average Bonchev–Trinajstić information content (AvgIpc) is 2.59. The number of nitrogens with one attached hydrogen (secondary N) is 2. The van der Waals surface area contributed by atoms with Gasteiger partial charge in [0.2, 0.25) is 0 Å². The Balaban J connectivity index is 1.79. The molecule has 0 aliphatic rings. The van der Waals surface area contributed by atoms with Crippen LogP contribution in [0, 0.1) is 0 Å². The van der Waals surface area contributed by atoms with Crippen molar-refractivity contribution in [3.05, 3.63) is 63.6 Å². The first-order valence-electron chi connectivity index (χ1n) is 7.75. The van der Waals surface area contributed by atoms with E-state index in [4.69, 9.17) is 27.9 Å². The first kappa shape index (κ1) is 19.1. The minimum absolute atomic E-state index is 0.320. The molecule has 0 spiro atoms. The molecule has 2 N–H and O–H groups in total. The fourth-order valence-electron chi connectivity index (χ4n) is 2.09. The first-order chi connectivity index (χ1) is 12.0. The molecule has 0 fully saturated rings. The summed E-state index contributed by atoms with van der Waals surface area (Å²) >= 11 is 11.8. The highest BCUT2D eigenvalue weighted by Gasteiger charge is 2.07. The monoisotopic (exact) mass is 380 g/mol. The van der Waals surface area contributed by atoms with Gasteiger partial charge in [0.25, 0.3) is 0 Å². The molecule has 0 unspecified atom stereocenters. The number of urea groups is 1. The topological polar surface area (TPSA) is 67.4 Å². The summed E-state index contributed by atoms with van der Waals surface area (Å²) in [6.07, 6.45) is 0.631. The van der Waals surface area contributed by atoms with Crippen LogP contribution in [0.15, 0.2) is 42.5 Å². The molecule has 0 radical (unpaired) electrons. The van der Waals surface area contributed by atoms with Gasteiger partial charge in [0.15, 0.2) is 0 Å². The summed E-state index contributed by atoms with van der Waals surface area (Å²) in [6, 6.07) is 11.5. The van der Waals surface area contributed by atoms with E-state index in [0.717, 1.165) is 5.56 Å². The molecule has 0 heterocycles. The van der Waals surface area contributed by atoms with Crippen molar-refractivity contribution in [2.24, 2.45) is 0 Å². The molecular formula is C18H18Cl2N2O3. The molecule has 7 heteroatoms. The molecule has 132 valence electrons. The number of rotatable bonds is 6. The molecule has 0 aliphatic heterocycles. The minimum Gasteiger partial charge on any atom is -0.462 e. The fraction of sp³-hybridized carbons (Fsp3) is 0.222. The van der Waals surface area contributed by atoms with Crippen molar-refractivity contribution in [1.29, 1.82) is 0 Å². The summed E-state index contributed by atoms with van der Waals surface area (Å²) in [4.78, 5) is 23.4. The van der Waals surface area contributed by atoms with Crippen molar-refractivity contribution < 1.29 is 14.3 Å². The Morgan fingerprint density at radius 2 is 1.76 bits per heavy atom. The molecule has 2 aromatic carbocycles. The van der Waals surface area contributed by atoms with Crippen LogP contribution >= 0.6 is 23.2 Å². The number of anilines is 1. The number of esters is 1. The lowest BCUT2D eigenvalue weighted by Gasteiger charge is -2.09. The number of ether oxygens (including phenoxy) is 1. The van der Waals surface area contributed by atoms with Gasteiger partial charge in [-0.15, -0.1) is 0 Å². The SMILES string of the molecule is CCOC(=O)c1ccc(NC(=O)NCCc2ccc(Cl)c(Cl)c2)cc1. The van der Waals surface area contributed by atoms with Gasteiger partial charge in [-0.1, -0.05) is 29.3 Å². The van der Waals surface area contributed by atoms with Crippen LogP contribution in [0.2, 0.25) is 10.0 Å². The third-order valence-electron chi connectivity index (χ3n) is 3.34. The van der Waals surface area contributed by atoms with E-state index in [1.165, 1.54) is 0 Å². The number of amides is 2. The quantitative estimate of drug-likeness (QED) is 0.723. The molecule has 2 rings (SSSR count). The lowest BCUT2D eigenvalue weighted by molar-refractivity contribution is 0.0526. The van der Waals surface area contributed by atoms with Gasteiger partial charge >= 0.3 is 12.0 Å². The number of carbonyl (C=O) groups excluding carboxylic acids is 2. The van der Waals surface area contributed by atoms with E-state index in [2.05, 4.69) is 10.6 Å². The van der Waals surface area contributed by atoms with Crippen LogP contribution in [0.5, 0.6) is 0 Å². The molecule has 0 atom stereocenters. The molecule has 5 nitrogen and oxygen atoms in total. The summed E-state index contributed by atoms with van der Waals surface area (Å²) in [6.45, 7) is 2.51. The number of carbonyl (C=O) groups is 2. The zero-order valence-corrected chi connectivity index (χ0v) is 15.2. The Morgan fingerprint density at radius 1 is 1.04 bits per heavy atom. The van der Waals surface area contributed by atoms with Gasteiger partial charge in [0.1, 0.15) is 0 Å². The summed E-state index contributed by atoms with van der Waals surface area (Å²) in [5, 5.41) is 6.44. The van der Waals surface area contributed by atoms with E-state index >= 15 is 0 Å². The van der Waals surface area contributed by atoms with Crippen LogP contribution in [-0.4, -0.2) is 25.2 Å². The van der Waals surface area contributed by atoms with Crippen LogP contribution in [-0.2, 0) is 11.2 Å². The van der Waals surface area contributed by atoms with Crippen LogP contribution in [0.25, 0.3) is 0 Å². The van der Waals surface area contributed by atoms with E-state index in [0.29, 0.717) is 40.9 Å². The van der Waals surface area contributed by atoms with Crippen LogP contribution < -0.4 is 10.6 Å². The van der Waals surface area contributed by atoms with Gasteiger partial charge in [-0.3, -0.25) is 0 Å². The molecule has 0 aromatic heterocycles. The molecule has 0 saturated heterocycles. The minimum atomic E-state index is -0.389. The molecule has 2 amide bonds. The van der Waals surface area contributed by atoms with E-state index in [1.54, 1.807) is 43.3 Å². The van der Waals surface area contributed by atoms with Gasteiger partial charge in [-0.2, -0.15) is 0 Å². The Kier molecular flexibility index (Phi) is 7.10. The highest BCUT2D eigenvalue weighted by atomic mass is 35.5. The summed E-state index contributed by atoms with van der Waals surface area (Å²) < 4.78 is 4.90. The van der Waals surface area contributed by atoms with Gasteiger partial charge in [-0.25, -0.2) is 9.59 Å². The highest BCUT2D eigenvalue weighted by Crippen LogP contribution is 2.22. The standard InChI is InChI=1S/C18H18Cl2N2O3/c1-2-25-17(23)13-4-6-14(7-5-13)22-18(24)21-10-9-12-3-8-15(19)16(20)11-12/h3-8,11H,2,9-10H2,1H3,(H2,21,22,24). The van der Waals surface area contributed by atoms with Gasteiger partial charge in [-0.05, 0) is 55.3 Å². The zero-order valence-electron chi connectivity index (χ0n) is 13.6. The van der Waals surface area contributed by atoms with Gasteiger partial charge in [0.05, 0.1) is 22.2 Å². The lowest BCUT2D eigenvalue weighted by atomic mass is 10.1. The summed E-state index contributed by atoms with van der Waals surface area (Å²) in [5.41, 5.74) is 2.00. The van der Waals surface area contributed by atoms with Crippen molar-refractivity contribution in [2.75, 3.05) is 18.5 Å². The summed E-state index contributed by atoms with van der Waals surface area (Å²) in [5.74, 6) is -0.389. The van der Waals surface area contributed by atoms with Crippen molar-refractivity contribution >= 4 is 40.9 Å². The predicted molar refractivity (Wildman–Crippen MR) is 99.6 cm³/mol. The van der Waals surface area contributed by atoms with Crippen molar-refractivity contribution in [1.82, 2.24) is 5.32 Å². The van der Waals surface area contributed by atoms with Crippen molar-refractivity contribution in [3.8, 4) is 0 Å². The highest BCUT2D eigenvalue weighted by molar-refractivity contribution is 6.42. The number of hydrogen-bond acceptors (Lipinski definition) is 3. The van der Waals surface area contributed by atoms with Crippen LogP contribution in [0.3, 0.4) is 0 Å². The maximum Gasteiger partial charge on any atom is 0.338 e. The van der Waals surface area contributed by atoms with Gasteiger partial charge < -0.3 is 15.4 Å². The third-order valence-corrected chi connectivity index (χ3v) is 4.08. The van der Waals surface area contributed by atoms with E-state index in [1.807, 2.05) is 6.07 Å². The van der Waals surface area contributed by atoms with E-state index < -0.39 is 0 Å². The Hall–Kier alpha value is -2.24. The van der Waals surface area contributed by atoms with Gasteiger partial charge in [0, 0.05) is 12.2 Å². The van der Waals surface area contributed by atoms with E-state index in [9.17, 15) is 9.59 Å². The third kappa shape index (κ3) is 5.96. The number of hydrogen-bond donors (Lipinski definition) is 2.